The Balaban J connectivity index is 1.61. The largest absolute Gasteiger partial charge is 0.573 e. The molecular formula is C24H25Cl2F3N4O2. The van der Waals surface area contributed by atoms with Crippen molar-refractivity contribution in [2.75, 3.05) is 20.1 Å². The van der Waals surface area contributed by atoms with E-state index < -0.39 is 17.7 Å². The van der Waals surface area contributed by atoms with Crippen LogP contribution in [0.1, 0.15) is 31.7 Å². The highest BCUT2D eigenvalue weighted by Crippen LogP contribution is 2.42. The van der Waals surface area contributed by atoms with Crippen LogP contribution in [-0.2, 0) is 10.3 Å². The molecular weight excluding hydrogens is 504 g/mol. The number of hydrogen-bond donors (Lipinski definition) is 2. The van der Waals surface area contributed by atoms with Gasteiger partial charge in [0.1, 0.15) is 5.75 Å². The molecule has 2 saturated heterocycles. The molecule has 1 amide bonds. The monoisotopic (exact) mass is 528 g/mol. The first kappa shape index (κ1) is 25.6. The van der Waals surface area contributed by atoms with Crippen molar-refractivity contribution in [1.82, 2.24) is 15.1 Å². The van der Waals surface area contributed by atoms with E-state index >= 15 is 0 Å². The van der Waals surface area contributed by atoms with Crippen LogP contribution in [0.15, 0.2) is 36.4 Å². The predicted octanol–water partition coefficient (Wildman–Crippen LogP) is 5.63. The number of nitrogens with zero attached hydrogens (tertiary/aromatic N) is 2. The molecule has 0 aliphatic carbocycles. The third-order valence-electron chi connectivity index (χ3n) is 6.52. The smallest absolute Gasteiger partial charge is 0.406 e. The van der Waals surface area contributed by atoms with Gasteiger partial charge in [0.15, 0.2) is 5.96 Å². The Labute approximate surface area is 211 Å². The normalized spacial score (nSPS) is 22.3. The van der Waals surface area contributed by atoms with Crippen LogP contribution in [-0.4, -0.2) is 54.2 Å². The fourth-order valence-corrected chi connectivity index (χ4v) is 5.47. The summed E-state index contributed by atoms with van der Waals surface area (Å²) in [6, 6.07) is 8.81. The summed E-state index contributed by atoms with van der Waals surface area (Å²) in [5, 5.41) is 12.1. The summed E-state index contributed by atoms with van der Waals surface area (Å²) in [5.41, 5.74) is 0.549. The van der Waals surface area contributed by atoms with Gasteiger partial charge >= 0.3 is 6.36 Å². The van der Waals surface area contributed by atoms with Gasteiger partial charge in [-0.2, -0.15) is 0 Å². The van der Waals surface area contributed by atoms with E-state index in [-0.39, 0.29) is 29.4 Å². The number of likely N-dealkylation sites (tertiary alicyclic amines) is 1. The first-order valence-electron chi connectivity index (χ1n) is 11.1. The van der Waals surface area contributed by atoms with Crippen LogP contribution < -0.4 is 10.1 Å². The lowest BCUT2D eigenvalue weighted by Crippen LogP contribution is -2.63. The molecule has 35 heavy (non-hydrogen) atoms. The van der Waals surface area contributed by atoms with Crippen LogP contribution in [0.4, 0.5) is 13.2 Å². The minimum absolute atomic E-state index is 0.0266. The lowest BCUT2D eigenvalue weighted by Gasteiger charge is -2.45. The Morgan fingerprint density at radius 2 is 1.83 bits per heavy atom. The van der Waals surface area contributed by atoms with Crippen molar-refractivity contribution < 1.29 is 22.7 Å². The Morgan fingerprint density at radius 1 is 1.14 bits per heavy atom. The number of ether oxygens (including phenoxy) is 1. The number of carbonyl (C=O) groups excluding carboxylic acids is 1. The van der Waals surface area contributed by atoms with Gasteiger partial charge in [-0.05, 0) is 63.7 Å². The van der Waals surface area contributed by atoms with Crippen molar-refractivity contribution in [1.29, 1.82) is 5.41 Å². The average molecular weight is 529 g/mol. The number of piperidine rings is 1. The van der Waals surface area contributed by atoms with Crippen molar-refractivity contribution in [3.8, 4) is 16.9 Å². The van der Waals surface area contributed by atoms with E-state index in [1.54, 1.807) is 30.0 Å². The highest BCUT2D eigenvalue weighted by Gasteiger charge is 2.43. The summed E-state index contributed by atoms with van der Waals surface area (Å²) in [6.45, 7) is 3.53. The zero-order chi connectivity index (χ0) is 25.5. The maximum atomic E-state index is 13.2. The van der Waals surface area contributed by atoms with Gasteiger partial charge in [0.25, 0.3) is 0 Å². The average Bonchev–Trinajstić information content (AvgIpc) is 2.74. The molecule has 2 aliphatic heterocycles. The molecule has 0 spiro atoms. The highest BCUT2D eigenvalue weighted by atomic mass is 35.5. The first-order chi connectivity index (χ1) is 16.4. The molecule has 0 aromatic heterocycles. The molecule has 2 aliphatic rings. The Morgan fingerprint density at radius 3 is 2.43 bits per heavy atom. The number of halogens is 5. The number of rotatable bonds is 4. The van der Waals surface area contributed by atoms with E-state index in [0.29, 0.717) is 21.7 Å². The predicted molar refractivity (Wildman–Crippen MR) is 129 cm³/mol. The Kier molecular flexibility index (Phi) is 6.96. The van der Waals surface area contributed by atoms with Gasteiger partial charge in [-0.1, -0.05) is 41.4 Å². The number of carbonyl (C=O) groups is 1. The van der Waals surface area contributed by atoms with Crippen molar-refractivity contribution >= 4 is 35.1 Å². The molecule has 2 N–H and O–H groups in total. The van der Waals surface area contributed by atoms with Gasteiger partial charge in [0.2, 0.25) is 5.91 Å². The summed E-state index contributed by atoms with van der Waals surface area (Å²) >= 11 is 13.0. The summed E-state index contributed by atoms with van der Waals surface area (Å²) in [4.78, 5) is 17.0. The molecule has 0 saturated carbocycles. The lowest BCUT2D eigenvalue weighted by atomic mass is 9.84. The van der Waals surface area contributed by atoms with E-state index in [4.69, 9.17) is 28.6 Å². The van der Waals surface area contributed by atoms with Gasteiger partial charge in [0, 0.05) is 17.2 Å². The molecule has 2 aromatic carbocycles. The van der Waals surface area contributed by atoms with Crippen LogP contribution in [0.2, 0.25) is 10.0 Å². The van der Waals surface area contributed by atoms with E-state index in [9.17, 15) is 18.0 Å². The molecule has 2 heterocycles. The Hall–Kier alpha value is -2.49. The van der Waals surface area contributed by atoms with Crippen molar-refractivity contribution in [2.24, 2.45) is 0 Å². The molecule has 2 fully saturated rings. The van der Waals surface area contributed by atoms with Crippen molar-refractivity contribution in [2.45, 2.75) is 44.1 Å². The van der Waals surface area contributed by atoms with Crippen LogP contribution in [0.3, 0.4) is 0 Å². The van der Waals surface area contributed by atoms with Gasteiger partial charge in [-0.25, -0.2) is 0 Å². The maximum Gasteiger partial charge on any atom is 0.573 e. The number of hydrogen-bond acceptors (Lipinski definition) is 4. The van der Waals surface area contributed by atoms with Crippen LogP contribution in [0.5, 0.6) is 5.75 Å². The summed E-state index contributed by atoms with van der Waals surface area (Å²) in [5.74, 6) is -0.558. The zero-order valence-corrected chi connectivity index (χ0v) is 20.7. The molecule has 0 bridgehead atoms. The third-order valence-corrected chi connectivity index (χ3v) is 7.24. The first-order valence-corrected chi connectivity index (χ1v) is 11.9. The number of alkyl halides is 3. The van der Waals surface area contributed by atoms with E-state index in [1.165, 1.54) is 6.07 Å². The second kappa shape index (κ2) is 9.52. The fraction of sp³-hybridized carbons (Fsp3) is 0.417. The van der Waals surface area contributed by atoms with E-state index in [1.807, 2.05) is 7.05 Å². The second-order valence-corrected chi connectivity index (χ2v) is 9.92. The zero-order valence-electron chi connectivity index (χ0n) is 19.2. The Bertz CT molecular complexity index is 1130. The van der Waals surface area contributed by atoms with Gasteiger partial charge in [0.05, 0.1) is 22.0 Å². The number of guanidine groups is 1. The van der Waals surface area contributed by atoms with Crippen molar-refractivity contribution in [3.63, 3.8) is 0 Å². The molecule has 0 unspecified atom stereocenters. The summed E-state index contributed by atoms with van der Waals surface area (Å²) in [6.07, 6.45) is -3.14. The third kappa shape index (κ3) is 5.37. The molecule has 2 aromatic rings. The number of benzene rings is 2. The minimum Gasteiger partial charge on any atom is -0.406 e. The standard InChI is InChI=1S/C24H25Cl2F3N4O2/c1-23(13-20(34)33(22(30)31-23)14-8-10-32(2)11-9-14)18-5-3-4-17(21(18)26)16-7-6-15(12-19(16)25)35-24(27,28)29/h3-7,12,14H,8-11,13H2,1-2H3,(H2,30,31)/t23-/m0/s1. The summed E-state index contributed by atoms with van der Waals surface area (Å²) < 4.78 is 41.6. The SMILES string of the molecule is CN1CCC(N2C(=N)N[C@](C)(c3cccc(-c4ccc(OC(F)(F)F)cc4Cl)c3Cl)CC2=O)CC1. The maximum absolute atomic E-state index is 13.2. The minimum atomic E-state index is -4.83. The van der Waals surface area contributed by atoms with Crippen LogP contribution in [0, 0.1) is 5.41 Å². The van der Waals surface area contributed by atoms with E-state index in [2.05, 4.69) is 15.0 Å². The van der Waals surface area contributed by atoms with Gasteiger partial charge in [-0.15, -0.1) is 13.2 Å². The fourth-order valence-electron chi connectivity index (χ4n) is 4.76. The molecule has 4 rings (SSSR count). The molecule has 188 valence electrons. The number of amides is 1. The quantitative estimate of drug-likeness (QED) is 0.539. The van der Waals surface area contributed by atoms with E-state index in [0.717, 1.165) is 38.1 Å². The van der Waals surface area contributed by atoms with Gasteiger partial charge < -0.3 is 15.0 Å². The molecule has 0 radical (unpaired) electrons. The summed E-state index contributed by atoms with van der Waals surface area (Å²) in [7, 11) is 2.03. The van der Waals surface area contributed by atoms with Crippen LogP contribution >= 0.6 is 23.2 Å². The van der Waals surface area contributed by atoms with Crippen LogP contribution in [0.25, 0.3) is 11.1 Å². The lowest BCUT2D eigenvalue weighted by molar-refractivity contribution is -0.274. The second-order valence-electron chi connectivity index (χ2n) is 9.14. The molecule has 1 atom stereocenters. The molecule has 11 heteroatoms. The highest BCUT2D eigenvalue weighted by molar-refractivity contribution is 6.37. The van der Waals surface area contributed by atoms with Gasteiger partial charge in [-0.3, -0.25) is 15.1 Å². The number of nitrogens with one attached hydrogen (secondary N) is 2. The topological polar surface area (TPSA) is 68.7 Å². The molecule has 6 nitrogen and oxygen atoms in total. The van der Waals surface area contributed by atoms with Crippen molar-refractivity contribution in [3.05, 3.63) is 52.0 Å².